The highest BCUT2D eigenvalue weighted by Gasteiger charge is 2.12. The second-order valence-corrected chi connectivity index (χ2v) is 2.94. The molecule has 0 amide bonds. The van der Waals surface area contributed by atoms with Crippen LogP contribution in [0.4, 0.5) is 0 Å². The van der Waals surface area contributed by atoms with Gasteiger partial charge < -0.3 is 9.84 Å². The summed E-state index contributed by atoms with van der Waals surface area (Å²) in [5.41, 5.74) is 0.699. The fourth-order valence-corrected chi connectivity index (χ4v) is 1.69. The third-order valence-electron chi connectivity index (χ3n) is 1.41. The molecular weight excluding hydrogens is 164 g/mol. The summed E-state index contributed by atoms with van der Waals surface area (Å²) in [5, 5.41) is 10.3. The van der Waals surface area contributed by atoms with Gasteiger partial charge >= 0.3 is 5.97 Å². The molecule has 0 aliphatic rings. The van der Waals surface area contributed by atoms with Crippen LogP contribution in [0.5, 0.6) is 5.75 Å². The Morgan fingerprint density at radius 2 is 2.36 bits per heavy atom. The van der Waals surface area contributed by atoms with E-state index in [1.54, 1.807) is 12.3 Å². The summed E-state index contributed by atoms with van der Waals surface area (Å²) >= 11 is 1.18. The third-order valence-corrected chi connectivity index (χ3v) is 2.46. The molecule has 1 N–H and O–H groups in total. The number of rotatable bonds is 2. The first kappa shape index (κ1) is 8.07. The molecular formula is C7H8O3S. The zero-order chi connectivity index (χ0) is 8.43. The van der Waals surface area contributed by atoms with Crippen molar-refractivity contribution in [2.24, 2.45) is 0 Å². The van der Waals surface area contributed by atoms with Crippen LogP contribution in [0.25, 0.3) is 0 Å². The van der Waals surface area contributed by atoms with Crippen LogP contribution < -0.4 is 4.74 Å². The van der Waals surface area contributed by atoms with E-state index >= 15 is 0 Å². The number of ether oxygens (including phenoxy) is 1. The topological polar surface area (TPSA) is 46.5 Å². The Labute approximate surface area is 68.2 Å². The van der Waals surface area contributed by atoms with Gasteiger partial charge in [-0.1, -0.05) is 0 Å². The molecule has 4 heteroatoms. The molecule has 0 aliphatic heterocycles. The molecule has 1 heterocycles. The number of hydrogen-bond donors (Lipinski definition) is 1. The van der Waals surface area contributed by atoms with Gasteiger partial charge in [-0.3, -0.25) is 0 Å². The van der Waals surface area contributed by atoms with E-state index < -0.39 is 5.97 Å². The van der Waals surface area contributed by atoms with Gasteiger partial charge in [0, 0.05) is 10.9 Å². The summed E-state index contributed by atoms with van der Waals surface area (Å²) in [6.45, 7) is 1.73. The van der Waals surface area contributed by atoms with E-state index in [1.807, 2.05) is 0 Å². The van der Waals surface area contributed by atoms with Crippen LogP contribution in [-0.2, 0) is 0 Å². The predicted molar refractivity (Wildman–Crippen MR) is 42.6 cm³/mol. The summed E-state index contributed by atoms with van der Waals surface area (Å²) in [7, 11) is 1.53. The smallest absolute Gasteiger partial charge is 0.346 e. The van der Waals surface area contributed by atoms with Crippen molar-refractivity contribution < 1.29 is 14.6 Å². The minimum atomic E-state index is -0.893. The molecule has 0 saturated heterocycles. The minimum absolute atomic E-state index is 0.349. The van der Waals surface area contributed by atoms with Crippen molar-refractivity contribution in [3.05, 3.63) is 15.8 Å². The Morgan fingerprint density at radius 1 is 1.73 bits per heavy atom. The summed E-state index contributed by atoms with van der Waals surface area (Å²) in [4.78, 5) is 10.9. The lowest BCUT2D eigenvalue weighted by atomic mass is 10.3. The van der Waals surface area contributed by atoms with E-state index in [-0.39, 0.29) is 0 Å². The number of methoxy groups -OCH3 is 1. The van der Waals surface area contributed by atoms with Gasteiger partial charge in [0.25, 0.3) is 0 Å². The quantitative estimate of drug-likeness (QED) is 0.739. The summed E-state index contributed by atoms with van der Waals surface area (Å²) in [6.07, 6.45) is 0. The standard InChI is InChI=1S/C7H8O3S/c1-4-5(10-2)3-11-6(4)7(8)9/h3H,1-2H3,(H,8,9). The maximum atomic E-state index is 10.5. The molecule has 1 aromatic heterocycles. The molecule has 1 aromatic rings. The second-order valence-electron chi connectivity index (χ2n) is 2.06. The van der Waals surface area contributed by atoms with Crippen LogP contribution in [0.2, 0.25) is 0 Å². The highest BCUT2D eigenvalue weighted by molar-refractivity contribution is 7.12. The van der Waals surface area contributed by atoms with E-state index in [0.29, 0.717) is 16.2 Å². The highest BCUT2D eigenvalue weighted by atomic mass is 32.1. The first-order valence-corrected chi connectivity index (χ1v) is 3.90. The van der Waals surface area contributed by atoms with Gasteiger partial charge in [0.1, 0.15) is 10.6 Å². The van der Waals surface area contributed by atoms with Crippen LogP contribution in [0.1, 0.15) is 15.2 Å². The van der Waals surface area contributed by atoms with Crippen LogP contribution >= 0.6 is 11.3 Å². The summed E-state index contributed by atoms with van der Waals surface area (Å²) < 4.78 is 4.92. The molecule has 0 aromatic carbocycles. The molecule has 60 valence electrons. The number of hydrogen-bond acceptors (Lipinski definition) is 3. The number of carbonyl (C=O) groups is 1. The Bertz CT molecular complexity index is 277. The van der Waals surface area contributed by atoms with Gasteiger partial charge in [-0.15, -0.1) is 11.3 Å². The normalized spacial score (nSPS) is 9.64. The largest absolute Gasteiger partial charge is 0.496 e. The van der Waals surface area contributed by atoms with Crippen molar-refractivity contribution in [1.82, 2.24) is 0 Å². The Hall–Kier alpha value is -1.03. The van der Waals surface area contributed by atoms with Gasteiger partial charge in [-0.2, -0.15) is 0 Å². The SMILES string of the molecule is COc1csc(C(=O)O)c1C. The molecule has 0 unspecified atom stereocenters. The molecule has 11 heavy (non-hydrogen) atoms. The van der Waals surface area contributed by atoms with E-state index in [4.69, 9.17) is 9.84 Å². The van der Waals surface area contributed by atoms with E-state index in [2.05, 4.69) is 0 Å². The summed E-state index contributed by atoms with van der Waals surface area (Å²) in [5.74, 6) is -0.247. The van der Waals surface area contributed by atoms with E-state index in [0.717, 1.165) is 0 Å². The maximum absolute atomic E-state index is 10.5. The van der Waals surface area contributed by atoms with Crippen molar-refractivity contribution in [1.29, 1.82) is 0 Å². The number of thiophene rings is 1. The lowest BCUT2D eigenvalue weighted by molar-refractivity contribution is 0.0701. The van der Waals surface area contributed by atoms with Gasteiger partial charge in [-0.05, 0) is 6.92 Å². The fourth-order valence-electron chi connectivity index (χ4n) is 0.813. The van der Waals surface area contributed by atoms with Crippen LogP contribution in [-0.4, -0.2) is 18.2 Å². The molecule has 0 spiro atoms. The van der Waals surface area contributed by atoms with E-state index in [1.165, 1.54) is 18.4 Å². The van der Waals surface area contributed by atoms with Gasteiger partial charge in [-0.25, -0.2) is 4.79 Å². The van der Waals surface area contributed by atoms with Crippen LogP contribution in [0, 0.1) is 6.92 Å². The van der Waals surface area contributed by atoms with Crippen LogP contribution in [0.15, 0.2) is 5.38 Å². The Morgan fingerprint density at radius 3 is 2.64 bits per heavy atom. The maximum Gasteiger partial charge on any atom is 0.346 e. The molecule has 0 atom stereocenters. The molecule has 0 saturated carbocycles. The molecule has 3 nitrogen and oxygen atoms in total. The van der Waals surface area contributed by atoms with Crippen molar-refractivity contribution in [3.8, 4) is 5.75 Å². The molecule has 0 radical (unpaired) electrons. The molecule has 0 bridgehead atoms. The number of aromatic carboxylic acids is 1. The lowest BCUT2D eigenvalue weighted by Crippen LogP contribution is -1.94. The monoisotopic (exact) mass is 172 g/mol. The molecule has 0 fully saturated rings. The lowest BCUT2D eigenvalue weighted by Gasteiger charge is -1.95. The van der Waals surface area contributed by atoms with Crippen LogP contribution in [0.3, 0.4) is 0 Å². The average molecular weight is 172 g/mol. The first-order valence-electron chi connectivity index (χ1n) is 3.02. The van der Waals surface area contributed by atoms with Crippen molar-refractivity contribution in [2.75, 3.05) is 7.11 Å². The van der Waals surface area contributed by atoms with E-state index in [9.17, 15) is 4.79 Å². The zero-order valence-electron chi connectivity index (χ0n) is 6.25. The average Bonchev–Trinajstić information content (AvgIpc) is 2.30. The minimum Gasteiger partial charge on any atom is -0.496 e. The van der Waals surface area contributed by atoms with Crippen molar-refractivity contribution in [3.63, 3.8) is 0 Å². The zero-order valence-corrected chi connectivity index (χ0v) is 7.07. The van der Waals surface area contributed by atoms with Gasteiger partial charge in [0.2, 0.25) is 0 Å². The van der Waals surface area contributed by atoms with Crippen molar-refractivity contribution in [2.45, 2.75) is 6.92 Å². The first-order chi connectivity index (χ1) is 5.16. The van der Waals surface area contributed by atoms with Crippen molar-refractivity contribution >= 4 is 17.3 Å². The molecule has 1 rings (SSSR count). The molecule has 0 aliphatic carbocycles. The predicted octanol–water partition coefficient (Wildman–Crippen LogP) is 1.76. The Kier molecular flexibility index (Phi) is 2.14. The van der Waals surface area contributed by atoms with Gasteiger partial charge in [0.15, 0.2) is 0 Å². The fraction of sp³-hybridized carbons (Fsp3) is 0.286. The highest BCUT2D eigenvalue weighted by Crippen LogP contribution is 2.27. The number of carboxylic acid groups (broad SMARTS) is 1. The third kappa shape index (κ3) is 1.35. The Balaban J connectivity index is 3.10. The van der Waals surface area contributed by atoms with Gasteiger partial charge in [0.05, 0.1) is 7.11 Å². The number of carboxylic acids is 1. The second kappa shape index (κ2) is 2.92. The summed E-state index contributed by atoms with van der Waals surface area (Å²) in [6, 6.07) is 0.